The summed E-state index contributed by atoms with van der Waals surface area (Å²) in [5.74, 6) is 0. The van der Waals surface area contributed by atoms with Gasteiger partial charge < -0.3 is 15.0 Å². The molecule has 1 heterocycles. The Labute approximate surface area is 106 Å². The van der Waals surface area contributed by atoms with Crippen molar-refractivity contribution in [2.24, 2.45) is 0 Å². The van der Waals surface area contributed by atoms with E-state index >= 15 is 0 Å². The fourth-order valence-corrected chi connectivity index (χ4v) is 2.52. The summed E-state index contributed by atoms with van der Waals surface area (Å²) in [5, 5.41) is 3.50. The second-order valence-corrected chi connectivity index (χ2v) is 5.31. The number of nitrogens with one attached hydrogen (secondary N) is 1. The second kappa shape index (κ2) is 8.03. The lowest BCUT2D eigenvalue weighted by atomic mass is 10.2. The fourth-order valence-electron chi connectivity index (χ4n) is 2.52. The molecule has 1 aliphatic heterocycles. The van der Waals surface area contributed by atoms with Gasteiger partial charge in [0.1, 0.15) is 0 Å². The predicted molar refractivity (Wildman–Crippen MR) is 72.5 cm³/mol. The average molecular weight is 243 g/mol. The highest BCUT2D eigenvalue weighted by Gasteiger charge is 2.18. The Bertz CT molecular complexity index is 201. The van der Waals surface area contributed by atoms with Crippen LogP contribution in [0.15, 0.2) is 0 Å². The van der Waals surface area contributed by atoms with Gasteiger partial charge in [-0.15, -0.1) is 0 Å². The summed E-state index contributed by atoms with van der Waals surface area (Å²) in [6.07, 6.45) is 1.29. The van der Waals surface area contributed by atoms with Crippen LogP contribution in [0.1, 0.15) is 20.3 Å². The Morgan fingerprint density at radius 3 is 2.88 bits per heavy atom. The van der Waals surface area contributed by atoms with Crippen LogP contribution in [0.4, 0.5) is 0 Å². The summed E-state index contributed by atoms with van der Waals surface area (Å²) < 4.78 is 5.12. The van der Waals surface area contributed by atoms with Crippen LogP contribution in [0, 0.1) is 0 Å². The third-order valence-electron chi connectivity index (χ3n) is 3.49. The van der Waals surface area contributed by atoms with Crippen molar-refractivity contribution in [2.45, 2.75) is 32.4 Å². The predicted octanol–water partition coefficient (Wildman–Crippen LogP) is 0.637. The first-order valence-corrected chi connectivity index (χ1v) is 6.78. The lowest BCUT2D eigenvalue weighted by molar-refractivity contribution is 0.163. The fraction of sp³-hybridized carbons (Fsp3) is 1.00. The quantitative estimate of drug-likeness (QED) is 0.741. The monoisotopic (exact) mass is 243 g/mol. The van der Waals surface area contributed by atoms with Gasteiger partial charge in [-0.25, -0.2) is 0 Å². The molecule has 2 atom stereocenters. The first-order chi connectivity index (χ1) is 8.13. The van der Waals surface area contributed by atoms with Crippen LogP contribution < -0.4 is 5.32 Å². The van der Waals surface area contributed by atoms with E-state index in [-0.39, 0.29) is 0 Å². The standard InChI is InChI=1S/C13H29N3O/c1-12(11-17-4)14-6-9-16-8-5-7-15(3)10-13(16)2/h12-14H,5-11H2,1-4H3. The molecule has 0 saturated carbocycles. The largest absolute Gasteiger partial charge is 0.383 e. The number of likely N-dealkylation sites (N-methyl/N-ethyl adjacent to an activating group) is 1. The summed E-state index contributed by atoms with van der Waals surface area (Å²) in [6.45, 7) is 11.1. The SMILES string of the molecule is COCC(C)NCCN1CCCN(C)CC1C. The molecule has 0 amide bonds. The lowest BCUT2D eigenvalue weighted by Gasteiger charge is -2.28. The highest BCUT2D eigenvalue weighted by Crippen LogP contribution is 2.07. The minimum absolute atomic E-state index is 0.449. The Morgan fingerprint density at radius 1 is 1.41 bits per heavy atom. The normalized spacial score (nSPS) is 25.8. The van der Waals surface area contributed by atoms with E-state index in [2.05, 4.69) is 36.0 Å². The Morgan fingerprint density at radius 2 is 2.18 bits per heavy atom. The van der Waals surface area contributed by atoms with Gasteiger partial charge in [0.25, 0.3) is 0 Å². The van der Waals surface area contributed by atoms with Crippen molar-refractivity contribution in [3.05, 3.63) is 0 Å². The number of ether oxygens (including phenoxy) is 1. The van der Waals surface area contributed by atoms with Crippen molar-refractivity contribution in [2.75, 3.05) is 53.5 Å². The lowest BCUT2D eigenvalue weighted by Crippen LogP contribution is -2.43. The van der Waals surface area contributed by atoms with Gasteiger partial charge in [0.15, 0.2) is 0 Å². The maximum Gasteiger partial charge on any atom is 0.0613 e. The van der Waals surface area contributed by atoms with Gasteiger partial charge in [0.2, 0.25) is 0 Å². The van der Waals surface area contributed by atoms with E-state index in [0.29, 0.717) is 12.1 Å². The van der Waals surface area contributed by atoms with Crippen LogP contribution in [0.25, 0.3) is 0 Å². The molecule has 0 aromatic rings. The van der Waals surface area contributed by atoms with Crippen LogP contribution >= 0.6 is 0 Å². The van der Waals surface area contributed by atoms with E-state index in [0.717, 1.165) is 19.7 Å². The zero-order valence-corrected chi connectivity index (χ0v) is 11.9. The molecule has 0 bridgehead atoms. The van der Waals surface area contributed by atoms with E-state index in [4.69, 9.17) is 4.74 Å². The number of hydrogen-bond acceptors (Lipinski definition) is 4. The third kappa shape index (κ3) is 5.82. The summed E-state index contributed by atoms with van der Waals surface area (Å²) in [7, 11) is 3.98. The van der Waals surface area contributed by atoms with Crippen molar-refractivity contribution in [1.82, 2.24) is 15.1 Å². The second-order valence-electron chi connectivity index (χ2n) is 5.31. The minimum Gasteiger partial charge on any atom is -0.383 e. The van der Waals surface area contributed by atoms with Crippen molar-refractivity contribution in [1.29, 1.82) is 0 Å². The van der Waals surface area contributed by atoms with E-state index in [1.54, 1.807) is 7.11 Å². The number of rotatable bonds is 6. The van der Waals surface area contributed by atoms with E-state index < -0.39 is 0 Å². The molecule has 1 rings (SSSR count). The van der Waals surface area contributed by atoms with Crippen molar-refractivity contribution >= 4 is 0 Å². The molecule has 1 N–H and O–H groups in total. The van der Waals surface area contributed by atoms with Crippen LogP contribution in [-0.4, -0.2) is 75.4 Å². The number of hydrogen-bond donors (Lipinski definition) is 1. The molecule has 0 aromatic heterocycles. The van der Waals surface area contributed by atoms with Gasteiger partial charge in [0.05, 0.1) is 6.61 Å². The van der Waals surface area contributed by atoms with Crippen LogP contribution in [-0.2, 0) is 4.74 Å². The zero-order chi connectivity index (χ0) is 12.7. The van der Waals surface area contributed by atoms with Gasteiger partial charge in [-0.2, -0.15) is 0 Å². The average Bonchev–Trinajstić information content (AvgIpc) is 2.41. The Kier molecular flexibility index (Phi) is 7.04. The van der Waals surface area contributed by atoms with Crippen molar-refractivity contribution < 1.29 is 4.74 Å². The van der Waals surface area contributed by atoms with Crippen molar-refractivity contribution in [3.63, 3.8) is 0 Å². The highest BCUT2D eigenvalue weighted by molar-refractivity contribution is 4.76. The molecule has 0 radical (unpaired) electrons. The molecule has 1 aliphatic rings. The van der Waals surface area contributed by atoms with Gasteiger partial charge >= 0.3 is 0 Å². The summed E-state index contributed by atoms with van der Waals surface area (Å²) in [5.41, 5.74) is 0. The van der Waals surface area contributed by atoms with E-state index in [1.165, 1.54) is 26.1 Å². The first kappa shape index (κ1) is 14.9. The molecule has 17 heavy (non-hydrogen) atoms. The molecule has 0 aliphatic carbocycles. The topological polar surface area (TPSA) is 27.7 Å². The zero-order valence-electron chi connectivity index (χ0n) is 11.9. The summed E-state index contributed by atoms with van der Waals surface area (Å²) >= 11 is 0. The Hall–Kier alpha value is -0.160. The smallest absolute Gasteiger partial charge is 0.0613 e. The summed E-state index contributed by atoms with van der Waals surface area (Å²) in [4.78, 5) is 5.03. The van der Waals surface area contributed by atoms with E-state index in [1.807, 2.05) is 0 Å². The summed E-state index contributed by atoms with van der Waals surface area (Å²) in [6, 6.07) is 1.12. The molecule has 1 fully saturated rings. The molecule has 2 unspecified atom stereocenters. The molecule has 0 spiro atoms. The maximum absolute atomic E-state index is 5.12. The van der Waals surface area contributed by atoms with Crippen LogP contribution in [0.3, 0.4) is 0 Å². The van der Waals surface area contributed by atoms with Crippen LogP contribution in [0.5, 0.6) is 0 Å². The van der Waals surface area contributed by atoms with Gasteiger partial charge in [-0.05, 0) is 40.4 Å². The number of methoxy groups -OCH3 is 1. The number of nitrogens with zero attached hydrogens (tertiary/aromatic N) is 2. The van der Waals surface area contributed by atoms with Crippen molar-refractivity contribution in [3.8, 4) is 0 Å². The molecular weight excluding hydrogens is 214 g/mol. The first-order valence-electron chi connectivity index (χ1n) is 6.78. The molecule has 0 aromatic carbocycles. The molecule has 4 nitrogen and oxygen atoms in total. The van der Waals surface area contributed by atoms with Gasteiger partial charge in [-0.3, -0.25) is 4.90 Å². The molecule has 102 valence electrons. The Balaban J connectivity index is 2.21. The minimum atomic E-state index is 0.449. The third-order valence-corrected chi connectivity index (χ3v) is 3.49. The van der Waals surface area contributed by atoms with Gasteiger partial charge in [0, 0.05) is 38.8 Å². The molecule has 4 heteroatoms. The highest BCUT2D eigenvalue weighted by atomic mass is 16.5. The van der Waals surface area contributed by atoms with Crippen LogP contribution in [0.2, 0.25) is 0 Å². The molecular formula is C13H29N3O. The maximum atomic E-state index is 5.12. The molecule has 1 saturated heterocycles. The van der Waals surface area contributed by atoms with Gasteiger partial charge in [-0.1, -0.05) is 0 Å². The van der Waals surface area contributed by atoms with E-state index in [9.17, 15) is 0 Å².